The Balaban J connectivity index is 2.13. The smallest absolute Gasteiger partial charge is 0.159 e. The zero-order valence-electron chi connectivity index (χ0n) is 9.73. The molecule has 3 rings (SSSR count). The highest BCUT2D eigenvalue weighted by atomic mass is 32.1. The maximum absolute atomic E-state index is 5.37. The van der Waals surface area contributed by atoms with Crippen LogP contribution in [0, 0.1) is 4.64 Å². The van der Waals surface area contributed by atoms with Gasteiger partial charge >= 0.3 is 0 Å². The number of nitrogens with one attached hydrogen (secondary N) is 1. The van der Waals surface area contributed by atoms with Crippen LogP contribution < -0.4 is 0 Å². The fourth-order valence-corrected chi connectivity index (χ4v) is 2.60. The van der Waals surface area contributed by atoms with E-state index in [1.165, 1.54) is 24.1 Å². The third-order valence-electron chi connectivity index (χ3n) is 3.16. The van der Waals surface area contributed by atoms with Gasteiger partial charge in [0.15, 0.2) is 5.82 Å². The first-order chi connectivity index (χ1) is 8.24. The Morgan fingerprint density at radius 3 is 2.94 bits per heavy atom. The Morgan fingerprint density at radius 2 is 2.18 bits per heavy atom. The van der Waals surface area contributed by atoms with E-state index in [2.05, 4.69) is 15.1 Å². The first-order valence-electron chi connectivity index (χ1n) is 5.86. The fourth-order valence-electron chi connectivity index (χ4n) is 2.28. The van der Waals surface area contributed by atoms with Gasteiger partial charge < -0.3 is 4.98 Å². The molecule has 0 atom stereocenters. The molecule has 0 spiro atoms. The second kappa shape index (κ2) is 4.07. The molecule has 0 aliphatic heterocycles. The lowest BCUT2D eigenvalue weighted by atomic mass is 9.97. The molecule has 0 fully saturated rings. The van der Waals surface area contributed by atoms with E-state index in [1.807, 2.05) is 19.3 Å². The van der Waals surface area contributed by atoms with Crippen LogP contribution in [0.25, 0.3) is 11.5 Å². The van der Waals surface area contributed by atoms with Gasteiger partial charge in [-0.1, -0.05) is 12.2 Å². The van der Waals surface area contributed by atoms with Crippen molar-refractivity contribution in [2.45, 2.75) is 25.7 Å². The maximum atomic E-state index is 5.37. The summed E-state index contributed by atoms with van der Waals surface area (Å²) >= 11 is 5.37. The molecule has 0 aromatic carbocycles. The number of hydrogen-bond donors (Lipinski definition) is 1. The van der Waals surface area contributed by atoms with Gasteiger partial charge in [0.2, 0.25) is 0 Å². The number of fused-ring (bicyclic) bond motifs is 1. The molecule has 2 heterocycles. The van der Waals surface area contributed by atoms with Gasteiger partial charge in [-0.25, -0.2) is 4.98 Å². The van der Waals surface area contributed by atoms with Crippen molar-refractivity contribution >= 4 is 12.2 Å². The summed E-state index contributed by atoms with van der Waals surface area (Å²) in [5, 5.41) is 4.35. The molecule has 17 heavy (non-hydrogen) atoms. The number of nitrogens with zero attached hydrogens (tertiary/aromatic N) is 3. The van der Waals surface area contributed by atoms with Crippen LogP contribution in [-0.2, 0) is 19.9 Å². The van der Waals surface area contributed by atoms with Crippen LogP contribution >= 0.6 is 12.2 Å². The van der Waals surface area contributed by atoms with Crippen molar-refractivity contribution in [3.8, 4) is 11.5 Å². The summed E-state index contributed by atoms with van der Waals surface area (Å²) in [5.74, 6) is 0.788. The van der Waals surface area contributed by atoms with Gasteiger partial charge in [-0.3, -0.25) is 4.68 Å². The summed E-state index contributed by atoms with van der Waals surface area (Å²) in [6.07, 6.45) is 6.48. The Bertz CT molecular complexity index is 611. The number of H-pyrrole nitrogens is 1. The number of aryl methyl sites for hydroxylation is 2. The summed E-state index contributed by atoms with van der Waals surface area (Å²) in [6, 6.07) is 1.95. The molecule has 1 N–H and O–H groups in total. The van der Waals surface area contributed by atoms with Gasteiger partial charge in [-0.05, 0) is 31.7 Å². The van der Waals surface area contributed by atoms with Crippen LogP contribution in [0.15, 0.2) is 12.3 Å². The minimum Gasteiger partial charge on any atom is -0.342 e. The van der Waals surface area contributed by atoms with Gasteiger partial charge in [0.05, 0.1) is 0 Å². The Morgan fingerprint density at radius 1 is 1.35 bits per heavy atom. The standard InChI is InChI=1S/C12H14N4S/c1-16-7-6-10(15-16)11-13-9-5-3-2-4-8(9)12(17)14-11/h6-7H,2-5H2,1H3,(H,13,14,17). The second-order valence-electron chi connectivity index (χ2n) is 4.43. The lowest BCUT2D eigenvalue weighted by Gasteiger charge is -2.15. The van der Waals surface area contributed by atoms with Crippen molar-refractivity contribution in [2.75, 3.05) is 0 Å². The van der Waals surface area contributed by atoms with Crippen molar-refractivity contribution in [3.05, 3.63) is 28.2 Å². The van der Waals surface area contributed by atoms with E-state index in [0.717, 1.165) is 29.0 Å². The lowest BCUT2D eigenvalue weighted by Crippen LogP contribution is -2.09. The first-order valence-corrected chi connectivity index (χ1v) is 6.27. The molecule has 0 bridgehead atoms. The SMILES string of the molecule is Cn1ccc(-c2nc(=S)c3c([nH]2)CCCC3)n1. The number of rotatable bonds is 1. The maximum Gasteiger partial charge on any atom is 0.159 e. The van der Waals surface area contributed by atoms with Gasteiger partial charge in [0.25, 0.3) is 0 Å². The highest BCUT2D eigenvalue weighted by Crippen LogP contribution is 2.22. The van der Waals surface area contributed by atoms with E-state index in [1.54, 1.807) is 4.68 Å². The highest BCUT2D eigenvalue weighted by molar-refractivity contribution is 7.71. The van der Waals surface area contributed by atoms with Crippen molar-refractivity contribution in [1.29, 1.82) is 0 Å². The summed E-state index contributed by atoms with van der Waals surface area (Å²) in [7, 11) is 1.90. The van der Waals surface area contributed by atoms with E-state index in [4.69, 9.17) is 12.2 Å². The zero-order valence-corrected chi connectivity index (χ0v) is 10.5. The van der Waals surface area contributed by atoms with E-state index < -0.39 is 0 Å². The van der Waals surface area contributed by atoms with E-state index in [0.29, 0.717) is 0 Å². The molecule has 0 saturated carbocycles. The van der Waals surface area contributed by atoms with Gasteiger partial charge in [0, 0.05) is 24.5 Å². The molecule has 0 saturated heterocycles. The molecule has 5 heteroatoms. The van der Waals surface area contributed by atoms with Gasteiger partial charge in [0.1, 0.15) is 10.3 Å². The number of aromatic nitrogens is 4. The average Bonchev–Trinajstić information content (AvgIpc) is 2.76. The minimum absolute atomic E-state index is 0.735. The van der Waals surface area contributed by atoms with Crippen molar-refractivity contribution in [2.24, 2.45) is 7.05 Å². The fraction of sp³-hybridized carbons (Fsp3) is 0.417. The molecule has 0 amide bonds. The minimum atomic E-state index is 0.735. The largest absolute Gasteiger partial charge is 0.342 e. The van der Waals surface area contributed by atoms with Crippen LogP contribution in [0.5, 0.6) is 0 Å². The van der Waals surface area contributed by atoms with Crippen LogP contribution in [0.4, 0.5) is 0 Å². The molecule has 1 aliphatic carbocycles. The predicted octanol–water partition coefficient (Wildman–Crippen LogP) is 2.42. The number of aromatic amines is 1. The molecule has 0 radical (unpaired) electrons. The summed E-state index contributed by atoms with van der Waals surface area (Å²) < 4.78 is 2.51. The number of hydrogen-bond acceptors (Lipinski definition) is 3. The Labute approximate surface area is 105 Å². The topological polar surface area (TPSA) is 46.5 Å². The molecule has 88 valence electrons. The normalized spacial score (nSPS) is 14.6. The quantitative estimate of drug-likeness (QED) is 0.786. The van der Waals surface area contributed by atoms with Crippen LogP contribution in [0.2, 0.25) is 0 Å². The third kappa shape index (κ3) is 1.91. The Kier molecular flexibility index (Phi) is 2.55. The molecule has 2 aromatic rings. The van der Waals surface area contributed by atoms with Crippen LogP contribution in [-0.4, -0.2) is 19.7 Å². The highest BCUT2D eigenvalue weighted by Gasteiger charge is 2.14. The van der Waals surface area contributed by atoms with Gasteiger partial charge in [-0.15, -0.1) is 0 Å². The van der Waals surface area contributed by atoms with E-state index >= 15 is 0 Å². The summed E-state index contributed by atoms with van der Waals surface area (Å²) in [6.45, 7) is 0. The van der Waals surface area contributed by atoms with Crippen molar-refractivity contribution in [1.82, 2.24) is 19.7 Å². The third-order valence-corrected chi connectivity index (χ3v) is 3.50. The summed E-state index contributed by atoms with van der Waals surface area (Å²) in [4.78, 5) is 7.84. The van der Waals surface area contributed by atoms with Crippen LogP contribution in [0.3, 0.4) is 0 Å². The molecule has 1 aliphatic rings. The van der Waals surface area contributed by atoms with E-state index in [9.17, 15) is 0 Å². The van der Waals surface area contributed by atoms with Gasteiger partial charge in [-0.2, -0.15) is 5.10 Å². The average molecular weight is 246 g/mol. The molecule has 2 aromatic heterocycles. The molecular formula is C12H14N4S. The van der Waals surface area contributed by atoms with Crippen molar-refractivity contribution in [3.63, 3.8) is 0 Å². The van der Waals surface area contributed by atoms with Crippen LogP contribution in [0.1, 0.15) is 24.1 Å². The summed E-state index contributed by atoms with van der Waals surface area (Å²) in [5.41, 5.74) is 3.33. The Hall–Kier alpha value is -1.49. The zero-order chi connectivity index (χ0) is 11.8. The lowest BCUT2D eigenvalue weighted by molar-refractivity contribution is 0.660. The molecule has 4 nitrogen and oxygen atoms in total. The molecule has 0 unspecified atom stereocenters. The monoisotopic (exact) mass is 246 g/mol. The predicted molar refractivity (Wildman–Crippen MR) is 68.3 cm³/mol. The van der Waals surface area contributed by atoms with E-state index in [-0.39, 0.29) is 0 Å². The second-order valence-corrected chi connectivity index (χ2v) is 4.82. The van der Waals surface area contributed by atoms with Crippen molar-refractivity contribution < 1.29 is 0 Å². The molecular weight excluding hydrogens is 232 g/mol. The first kappa shape index (κ1) is 10.7.